The molecule has 3 N–H and O–H groups in total. The number of quaternary nitrogens is 1. The Balaban J connectivity index is 1.62. The Morgan fingerprint density at radius 2 is 1.86 bits per heavy atom. The average Bonchev–Trinajstić information content (AvgIpc) is 2.53. The SMILES string of the molecule is O=C(NCCC[NH+]1CCOCC1)NC(=O)c1ccc(F)cc1. The van der Waals surface area contributed by atoms with Crippen molar-refractivity contribution < 1.29 is 23.6 Å². The Morgan fingerprint density at radius 3 is 2.55 bits per heavy atom. The average molecular weight is 310 g/mol. The Labute approximate surface area is 128 Å². The summed E-state index contributed by atoms with van der Waals surface area (Å²) in [6, 6.07) is 4.49. The topological polar surface area (TPSA) is 71.9 Å². The molecule has 3 amide bonds. The van der Waals surface area contributed by atoms with Gasteiger partial charge >= 0.3 is 6.03 Å². The monoisotopic (exact) mass is 310 g/mol. The largest absolute Gasteiger partial charge is 0.370 e. The molecule has 1 fully saturated rings. The van der Waals surface area contributed by atoms with E-state index in [1.807, 2.05) is 0 Å². The van der Waals surface area contributed by atoms with Gasteiger partial charge in [0, 0.05) is 18.5 Å². The molecule has 120 valence electrons. The van der Waals surface area contributed by atoms with E-state index in [0.717, 1.165) is 39.3 Å². The van der Waals surface area contributed by atoms with Gasteiger partial charge in [0.25, 0.3) is 5.91 Å². The lowest BCUT2D eigenvalue weighted by atomic mass is 10.2. The Hall–Kier alpha value is -1.99. The Morgan fingerprint density at radius 1 is 1.18 bits per heavy atom. The summed E-state index contributed by atoms with van der Waals surface area (Å²) >= 11 is 0. The fourth-order valence-corrected chi connectivity index (χ4v) is 2.27. The highest BCUT2D eigenvalue weighted by Crippen LogP contribution is 2.02. The molecule has 0 spiro atoms. The first-order valence-corrected chi connectivity index (χ1v) is 7.41. The maximum atomic E-state index is 12.8. The minimum atomic E-state index is -0.545. The minimum Gasteiger partial charge on any atom is -0.370 e. The van der Waals surface area contributed by atoms with Crippen molar-refractivity contribution in [2.24, 2.45) is 0 Å². The molecule has 0 aliphatic carbocycles. The van der Waals surface area contributed by atoms with E-state index in [1.54, 1.807) is 0 Å². The van der Waals surface area contributed by atoms with Crippen LogP contribution in [0.2, 0.25) is 0 Å². The number of carbonyl (C=O) groups is 2. The highest BCUT2D eigenvalue weighted by molar-refractivity contribution is 6.04. The van der Waals surface area contributed by atoms with Crippen LogP contribution in [0.25, 0.3) is 0 Å². The zero-order chi connectivity index (χ0) is 15.8. The van der Waals surface area contributed by atoms with Crippen molar-refractivity contribution in [3.05, 3.63) is 35.6 Å². The smallest absolute Gasteiger partial charge is 0.321 e. The number of ether oxygens (including phenoxy) is 1. The van der Waals surface area contributed by atoms with E-state index in [2.05, 4.69) is 10.6 Å². The fourth-order valence-electron chi connectivity index (χ4n) is 2.27. The van der Waals surface area contributed by atoms with Gasteiger partial charge in [0.05, 0.1) is 19.8 Å². The molecule has 1 saturated heterocycles. The quantitative estimate of drug-likeness (QED) is 0.646. The molecule has 1 aromatic carbocycles. The number of nitrogens with one attached hydrogen (secondary N) is 3. The molecule has 1 aliphatic rings. The van der Waals surface area contributed by atoms with Crippen molar-refractivity contribution in [3.8, 4) is 0 Å². The van der Waals surface area contributed by atoms with Gasteiger partial charge in [0.1, 0.15) is 18.9 Å². The summed E-state index contributed by atoms with van der Waals surface area (Å²) in [5.41, 5.74) is 0.245. The van der Waals surface area contributed by atoms with E-state index in [-0.39, 0.29) is 5.56 Å². The van der Waals surface area contributed by atoms with Crippen LogP contribution in [-0.4, -0.2) is 51.3 Å². The molecule has 0 unspecified atom stereocenters. The molecule has 1 aliphatic heterocycles. The first-order valence-electron chi connectivity index (χ1n) is 7.41. The molecule has 0 saturated carbocycles. The van der Waals surface area contributed by atoms with Gasteiger partial charge in [-0.25, -0.2) is 9.18 Å². The zero-order valence-electron chi connectivity index (χ0n) is 12.4. The van der Waals surface area contributed by atoms with Crippen LogP contribution in [0.1, 0.15) is 16.8 Å². The molecule has 7 heteroatoms. The second-order valence-electron chi connectivity index (χ2n) is 5.18. The van der Waals surface area contributed by atoms with Gasteiger partial charge in [-0.3, -0.25) is 10.1 Å². The molecular weight excluding hydrogens is 289 g/mol. The van der Waals surface area contributed by atoms with Crippen LogP contribution >= 0.6 is 0 Å². The molecule has 0 atom stereocenters. The van der Waals surface area contributed by atoms with E-state index in [4.69, 9.17) is 4.74 Å². The van der Waals surface area contributed by atoms with Gasteiger partial charge in [-0.05, 0) is 24.3 Å². The van der Waals surface area contributed by atoms with Crippen LogP contribution in [0, 0.1) is 5.82 Å². The lowest BCUT2D eigenvalue weighted by Crippen LogP contribution is -3.14. The fraction of sp³-hybridized carbons (Fsp3) is 0.467. The Kier molecular flexibility index (Phi) is 6.29. The number of rotatable bonds is 5. The van der Waals surface area contributed by atoms with E-state index < -0.39 is 17.8 Å². The number of morpholine rings is 1. The van der Waals surface area contributed by atoms with Crippen molar-refractivity contribution in [1.82, 2.24) is 10.6 Å². The molecule has 2 rings (SSSR count). The summed E-state index contributed by atoms with van der Waals surface area (Å²) in [6.45, 7) is 5.04. The van der Waals surface area contributed by atoms with Crippen LogP contribution in [0.3, 0.4) is 0 Å². The third-order valence-corrected chi connectivity index (χ3v) is 3.53. The maximum absolute atomic E-state index is 12.8. The second kappa shape index (κ2) is 8.45. The summed E-state index contributed by atoms with van der Waals surface area (Å²) in [5, 5.41) is 4.86. The van der Waals surface area contributed by atoms with Gasteiger partial charge < -0.3 is 15.0 Å². The number of urea groups is 1. The zero-order valence-corrected chi connectivity index (χ0v) is 12.4. The molecule has 22 heavy (non-hydrogen) atoms. The standard InChI is InChI=1S/C15H20FN3O3/c16-13-4-2-12(3-5-13)14(20)18-15(21)17-6-1-7-19-8-10-22-11-9-19/h2-5H,1,6-11H2,(H2,17,18,20,21)/p+1. The Bertz CT molecular complexity index is 501. The lowest BCUT2D eigenvalue weighted by Gasteiger charge is -2.23. The first-order chi connectivity index (χ1) is 10.6. The van der Waals surface area contributed by atoms with Crippen molar-refractivity contribution in [2.45, 2.75) is 6.42 Å². The van der Waals surface area contributed by atoms with Crippen LogP contribution in [-0.2, 0) is 4.74 Å². The molecular formula is C15H21FN3O3+. The summed E-state index contributed by atoms with van der Waals surface area (Å²) in [4.78, 5) is 24.8. The summed E-state index contributed by atoms with van der Waals surface area (Å²) in [5.74, 6) is -0.970. The number of hydrogen-bond donors (Lipinski definition) is 3. The van der Waals surface area contributed by atoms with Crippen molar-refractivity contribution in [1.29, 1.82) is 0 Å². The summed E-state index contributed by atoms with van der Waals surface area (Å²) < 4.78 is 18.0. The maximum Gasteiger partial charge on any atom is 0.321 e. The number of imide groups is 1. The normalized spacial score (nSPS) is 15.3. The lowest BCUT2D eigenvalue weighted by molar-refractivity contribution is -0.908. The van der Waals surface area contributed by atoms with E-state index in [1.165, 1.54) is 29.2 Å². The van der Waals surface area contributed by atoms with Gasteiger partial charge in [0.15, 0.2) is 0 Å². The van der Waals surface area contributed by atoms with Crippen LogP contribution in [0.5, 0.6) is 0 Å². The number of benzene rings is 1. The molecule has 6 nitrogen and oxygen atoms in total. The minimum absolute atomic E-state index is 0.245. The number of carbonyl (C=O) groups excluding carboxylic acids is 2. The number of halogens is 1. The van der Waals surface area contributed by atoms with Crippen molar-refractivity contribution in [3.63, 3.8) is 0 Å². The summed E-state index contributed by atoms with van der Waals surface area (Å²) in [7, 11) is 0. The molecule has 1 heterocycles. The van der Waals surface area contributed by atoms with Crippen molar-refractivity contribution in [2.75, 3.05) is 39.4 Å². The third-order valence-electron chi connectivity index (χ3n) is 3.53. The van der Waals surface area contributed by atoms with Crippen molar-refractivity contribution >= 4 is 11.9 Å². The first kappa shape index (κ1) is 16.4. The predicted molar refractivity (Wildman–Crippen MR) is 78.3 cm³/mol. The van der Waals surface area contributed by atoms with Crippen LogP contribution in [0.4, 0.5) is 9.18 Å². The molecule has 0 aromatic heterocycles. The van der Waals surface area contributed by atoms with E-state index >= 15 is 0 Å². The van der Waals surface area contributed by atoms with Gasteiger partial charge in [-0.2, -0.15) is 0 Å². The van der Waals surface area contributed by atoms with Gasteiger partial charge in [0.2, 0.25) is 0 Å². The second-order valence-corrected chi connectivity index (χ2v) is 5.18. The molecule has 1 aromatic rings. The van der Waals surface area contributed by atoms with E-state index in [9.17, 15) is 14.0 Å². The highest BCUT2D eigenvalue weighted by atomic mass is 19.1. The third kappa shape index (κ3) is 5.42. The van der Waals surface area contributed by atoms with Crippen LogP contribution < -0.4 is 15.5 Å². The number of amides is 3. The van der Waals surface area contributed by atoms with Crippen LogP contribution in [0.15, 0.2) is 24.3 Å². The predicted octanol–water partition coefficient (Wildman–Crippen LogP) is -0.430. The van der Waals surface area contributed by atoms with Gasteiger partial charge in [-0.1, -0.05) is 0 Å². The van der Waals surface area contributed by atoms with Gasteiger partial charge in [-0.15, -0.1) is 0 Å². The molecule has 0 bridgehead atoms. The summed E-state index contributed by atoms with van der Waals surface area (Å²) in [6.07, 6.45) is 0.841. The van der Waals surface area contributed by atoms with E-state index in [0.29, 0.717) is 6.54 Å². The number of hydrogen-bond acceptors (Lipinski definition) is 3. The highest BCUT2D eigenvalue weighted by Gasteiger charge is 2.13. The molecule has 0 radical (unpaired) electrons.